The molecule has 2 heteroatoms. The van der Waals surface area contributed by atoms with Crippen molar-refractivity contribution in [3.63, 3.8) is 0 Å². The Bertz CT molecular complexity index is 134. The molecule has 0 aliphatic carbocycles. The van der Waals surface area contributed by atoms with Gasteiger partial charge in [-0.05, 0) is 12.8 Å². The fourth-order valence-corrected chi connectivity index (χ4v) is 1.36. The maximum atomic E-state index is 5.32. The molecule has 0 amide bonds. The summed E-state index contributed by atoms with van der Waals surface area (Å²) in [5.74, 6) is 0. The zero-order valence-electron chi connectivity index (χ0n) is 7.79. The Labute approximate surface area is 74.6 Å². The van der Waals surface area contributed by atoms with Gasteiger partial charge < -0.3 is 9.47 Å². The molecule has 0 aromatic carbocycles. The SMILES string of the molecule is C=C[C@@H]1O[C@H]1CCCCCOC. The summed E-state index contributed by atoms with van der Waals surface area (Å²) >= 11 is 0. The summed E-state index contributed by atoms with van der Waals surface area (Å²) in [6, 6.07) is 0. The Hall–Kier alpha value is -0.340. The molecule has 12 heavy (non-hydrogen) atoms. The highest BCUT2D eigenvalue weighted by atomic mass is 16.6. The van der Waals surface area contributed by atoms with Gasteiger partial charge in [-0.2, -0.15) is 0 Å². The van der Waals surface area contributed by atoms with Gasteiger partial charge >= 0.3 is 0 Å². The van der Waals surface area contributed by atoms with Crippen molar-refractivity contribution in [3.8, 4) is 0 Å². The molecule has 0 bridgehead atoms. The van der Waals surface area contributed by atoms with Crippen molar-refractivity contribution in [2.75, 3.05) is 13.7 Å². The average molecular weight is 170 g/mol. The predicted octanol–water partition coefficient (Wildman–Crippen LogP) is 2.15. The minimum absolute atomic E-state index is 0.354. The highest BCUT2D eigenvalue weighted by Gasteiger charge is 2.34. The van der Waals surface area contributed by atoms with Gasteiger partial charge in [0.25, 0.3) is 0 Å². The number of rotatable bonds is 7. The Balaban J connectivity index is 1.81. The molecule has 70 valence electrons. The summed E-state index contributed by atoms with van der Waals surface area (Å²) in [7, 11) is 1.75. The molecule has 1 saturated heterocycles. The Morgan fingerprint density at radius 3 is 2.83 bits per heavy atom. The lowest BCUT2D eigenvalue weighted by molar-refractivity contribution is 0.191. The number of ether oxygens (including phenoxy) is 2. The van der Waals surface area contributed by atoms with E-state index in [2.05, 4.69) is 6.58 Å². The highest BCUT2D eigenvalue weighted by Crippen LogP contribution is 2.27. The zero-order chi connectivity index (χ0) is 8.81. The average Bonchev–Trinajstić information content (AvgIpc) is 2.83. The molecule has 0 aromatic rings. The summed E-state index contributed by atoms with van der Waals surface area (Å²) in [4.78, 5) is 0. The molecule has 0 spiro atoms. The lowest BCUT2D eigenvalue weighted by Gasteiger charge is -1.97. The van der Waals surface area contributed by atoms with Gasteiger partial charge in [0.2, 0.25) is 0 Å². The van der Waals surface area contributed by atoms with Crippen LogP contribution in [0.15, 0.2) is 12.7 Å². The summed E-state index contributed by atoms with van der Waals surface area (Å²) in [6.45, 7) is 4.57. The highest BCUT2D eigenvalue weighted by molar-refractivity contribution is 4.97. The molecule has 0 unspecified atom stereocenters. The van der Waals surface area contributed by atoms with Crippen LogP contribution in [0, 0.1) is 0 Å². The van der Waals surface area contributed by atoms with Crippen LogP contribution in [0.3, 0.4) is 0 Å². The van der Waals surface area contributed by atoms with E-state index in [4.69, 9.17) is 9.47 Å². The first kappa shape index (κ1) is 9.75. The molecule has 2 nitrogen and oxygen atoms in total. The van der Waals surface area contributed by atoms with Crippen LogP contribution in [0.4, 0.5) is 0 Å². The molecule has 1 aliphatic heterocycles. The molecule has 0 aromatic heterocycles. The van der Waals surface area contributed by atoms with E-state index in [9.17, 15) is 0 Å². The first-order valence-electron chi connectivity index (χ1n) is 4.65. The fraction of sp³-hybridized carbons (Fsp3) is 0.800. The number of hydrogen-bond acceptors (Lipinski definition) is 2. The maximum Gasteiger partial charge on any atom is 0.102 e. The van der Waals surface area contributed by atoms with Gasteiger partial charge in [-0.1, -0.05) is 18.9 Å². The van der Waals surface area contributed by atoms with Gasteiger partial charge in [-0.15, -0.1) is 6.58 Å². The Kier molecular flexibility index (Phi) is 4.33. The summed E-state index contributed by atoms with van der Waals surface area (Å²) in [5, 5.41) is 0. The van der Waals surface area contributed by atoms with Gasteiger partial charge in [0.1, 0.15) is 6.10 Å². The third-order valence-corrected chi connectivity index (χ3v) is 2.19. The lowest BCUT2D eigenvalue weighted by Crippen LogP contribution is -1.92. The minimum atomic E-state index is 0.354. The van der Waals surface area contributed by atoms with Crippen molar-refractivity contribution in [3.05, 3.63) is 12.7 Å². The molecule has 0 saturated carbocycles. The Morgan fingerprint density at radius 1 is 1.42 bits per heavy atom. The normalized spacial score (nSPS) is 27.1. The number of unbranched alkanes of at least 4 members (excludes halogenated alkanes) is 2. The molecule has 1 fully saturated rings. The van der Waals surface area contributed by atoms with Crippen molar-refractivity contribution in [2.24, 2.45) is 0 Å². The van der Waals surface area contributed by atoms with Crippen LogP contribution in [0.2, 0.25) is 0 Å². The summed E-state index contributed by atoms with van der Waals surface area (Å²) in [6.07, 6.45) is 7.57. The maximum absolute atomic E-state index is 5.32. The second kappa shape index (κ2) is 5.33. The molecule has 1 heterocycles. The van der Waals surface area contributed by atoms with Crippen LogP contribution < -0.4 is 0 Å². The van der Waals surface area contributed by atoms with Crippen LogP contribution in [0.25, 0.3) is 0 Å². The fourth-order valence-electron chi connectivity index (χ4n) is 1.36. The molecule has 1 rings (SSSR count). The van der Waals surface area contributed by atoms with Crippen molar-refractivity contribution in [1.82, 2.24) is 0 Å². The number of hydrogen-bond donors (Lipinski definition) is 0. The van der Waals surface area contributed by atoms with E-state index in [-0.39, 0.29) is 0 Å². The van der Waals surface area contributed by atoms with Crippen molar-refractivity contribution < 1.29 is 9.47 Å². The molecular weight excluding hydrogens is 152 g/mol. The predicted molar refractivity (Wildman–Crippen MR) is 49.2 cm³/mol. The second-order valence-electron chi connectivity index (χ2n) is 3.22. The van der Waals surface area contributed by atoms with Crippen molar-refractivity contribution >= 4 is 0 Å². The molecule has 2 atom stereocenters. The zero-order valence-corrected chi connectivity index (χ0v) is 7.79. The van der Waals surface area contributed by atoms with Crippen LogP contribution in [-0.2, 0) is 9.47 Å². The number of methoxy groups -OCH3 is 1. The molecule has 0 N–H and O–H groups in total. The smallest absolute Gasteiger partial charge is 0.102 e. The van der Waals surface area contributed by atoms with Crippen LogP contribution in [0.1, 0.15) is 25.7 Å². The molecular formula is C10H18O2. The van der Waals surface area contributed by atoms with Gasteiger partial charge in [-0.3, -0.25) is 0 Å². The standard InChI is InChI=1S/C10H18O2/c1-3-9-10(12-9)7-5-4-6-8-11-2/h3,9-10H,1,4-8H2,2H3/t9-,10-/m0/s1. The monoisotopic (exact) mass is 170 g/mol. The first-order valence-corrected chi connectivity index (χ1v) is 4.65. The Morgan fingerprint density at radius 2 is 2.25 bits per heavy atom. The van der Waals surface area contributed by atoms with Crippen molar-refractivity contribution in [1.29, 1.82) is 0 Å². The van der Waals surface area contributed by atoms with Gasteiger partial charge in [0.15, 0.2) is 0 Å². The largest absolute Gasteiger partial charge is 0.385 e. The van der Waals surface area contributed by atoms with E-state index < -0.39 is 0 Å². The van der Waals surface area contributed by atoms with E-state index in [1.807, 2.05) is 6.08 Å². The quantitative estimate of drug-likeness (QED) is 0.332. The third kappa shape index (κ3) is 3.37. The van der Waals surface area contributed by atoms with Gasteiger partial charge in [-0.25, -0.2) is 0 Å². The van der Waals surface area contributed by atoms with E-state index in [0.29, 0.717) is 12.2 Å². The van der Waals surface area contributed by atoms with Crippen LogP contribution >= 0.6 is 0 Å². The second-order valence-corrected chi connectivity index (χ2v) is 3.22. The topological polar surface area (TPSA) is 21.8 Å². The van der Waals surface area contributed by atoms with Crippen molar-refractivity contribution in [2.45, 2.75) is 37.9 Å². The first-order chi connectivity index (χ1) is 5.88. The minimum Gasteiger partial charge on any atom is -0.385 e. The van der Waals surface area contributed by atoms with E-state index in [1.54, 1.807) is 7.11 Å². The molecule has 0 radical (unpaired) electrons. The molecule has 1 aliphatic rings. The van der Waals surface area contributed by atoms with Gasteiger partial charge in [0, 0.05) is 13.7 Å². The van der Waals surface area contributed by atoms with E-state index in [0.717, 1.165) is 6.61 Å². The van der Waals surface area contributed by atoms with Gasteiger partial charge in [0.05, 0.1) is 6.10 Å². The van der Waals surface area contributed by atoms with Crippen LogP contribution in [0.5, 0.6) is 0 Å². The van der Waals surface area contributed by atoms with E-state index >= 15 is 0 Å². The number of epoxide rings is 1. The summed E-state index contributed by atoms with van der Waals surface area (Å²) in [5.41, 5.74) is 0. The van der Waals surface area contributed by atoms with E-state index in [1.165, 1.54) is 25.7 Å². The summed E-state index contributed by atoms with van der Waals surface area (Å²) < 4.78 is 10.3. The van der Waals surface area contributed by atoms with Crippen LogP contribution in [-0.4, -0.2) is 25.9 Å². The third-order valence-electron chi connectivity index (χ3n) is 2.19. The lowest BCUT2D eigenvalue weighted by atomic mass is 10.1.